The largest absolute Gasteiger partial charge is 0.396 e. The van der Waals surface area contributed by atoms with E-state index in [1.165, 1.54) is 6.07 Å². The summed E-state index contributed by atoms with van der Waals surface area (Å²) in [5, 5.41) is 21.0. The van der Waals surface area contributed by atoms with Crippen LogP contribution in [0, 0.1) is 23.1 Å². The summed E-state index contributed by atoms with van der Waals surface area (Å²) in [6, 6.07) is 6.43. The van der Waals surface area contributed by atoms with Gasteiger partial charge < -0.3 is 10.4 Å². The van der Waals surface area contributed by atoms with Crippen molar-refractivity contribution in [1.82, 2.24) is 0 Å². The van der Waals surface area contributed by atoms with E-state index in [-0.39, 0.29) is 18.6 Å². The fourth-order valence-corrected chi connectivity index (χ4v) is 2.35. The van der Waals surface area contributed by atoms with E-state index in [2.05, 4.69) is 5.32 Å². The maximum atomic E-state index is 13.6. The zero-order valence-corrected chi connectivity index (χ0v) is 9.49. The van der Waals surface area contributed by atoms with Crippen molar-refractivity contribution in [3.05, 3.63) is 29.6 Å². The number of hydrogen-bond donors (Lipinski definition) is 2. The van der Waals surface area contributed by atoms with Crippen LogP contribution >= 0.6 is 0 Å². The lowest BCUT2D eigenvalue weighted by Crippen LogP contribution is -2.26. The second-order valence-electron chi connectivity index (χ2n) is 4.43. The molecule has 4 heteroatoms. The number of benzene rings is 1. The van der Waals surface area contributed by atoms with Crippen LogP contribution in [-0.4, -0.2) is 17.8 Å². The third-order valence-electron chi connectivity index (χ3n) is 3.33. The summed E-state index contributed by atoms with van der Waals surface area (Å²) in [6.45, 7) is 0.134. The van der Waals surface area contributed by atoms with Crippen LogP contribution in [0.5, 0.6) is 0 Å². The Bertz CT molecular complexity index is 442. The molecule has 1 aliphatic rings. The smallest absolute Gasteiger partial charge is 0.147 e. The molecule has 0 heterocycles. The van der Waals surface area contributed by atoms with E-state index in [9.17, 15) is 9.50 Å². The predicted octanol–water partition coefficient (Wildman–Crippen LogP) is 2.27. The lowest BCUT2D eigenvalue weighted by Gasteiger charge is -2.20. The minimum atomic E-state index is -0.410. The van der Waals surface area contributed by atoms with Gasteiger partial charge in [0.05, 0.1) is 17.3 Å². The third-order valence-corrected chi connectivity index (χ3v) is 3.33. The molecule has 0 spiro atoms. The minimum Gasteiger partial charge on any atom is -0.396 e. The second-order valence-corrected chi connectivity index (χ2v) is 4.43. The van der Waals surface area contributed by atoms with Gasteiger partial charge in [0.15, 0.2) is 0 Å². The Morgan fingerprint density at radius 3 is 2.94 bits per heavy atom. The molecule has 0 radical (unpaired) electrons. The van der Waals surface area contributed by atoms with Crippen molar-refractivity contribution < 1.29 is 9.50 Å². The molecule has 1 aromatic rings. The first-order chi connectivity index (χ1) is 8.24. The molecular weight excluding hydrogens is 219 g/mol. The van der Waals surface area contributed by atoms with Crippen LogP contribution in [0.3, 0.4) is 0 Å². The van der Waals surface area contributed by atoms with E-state index < -0.39 is 5.82 Å². The topological polar surface area (TPSA) is 56.0 Å². The highest BCUT2D eigenvalue weighted by atomic mass is 19.1. The zero-order valence-electron chi connectivity index (χ0n) is 9.49. The van der Waals surface area contributed by atoms with Crippen LogP contribution in [0.1, 0.15) is 24.8 Å². The number of aliphatic hydroxyl groups excluding tert-OH is 1. The zero-order chi connectivity index (χ0) is 12.3. The number of aliphatic hydroxyl groups is 1. The average molecular weight is 234 g/mol. The fourth-order valence-electron chi connectivity index (χ4n) is 2.35. The number of nitriles is 1. The molecule has 0 aromatic heterocycles. The SMILES string of the molecule is N#Cc1ccc(NC2CCCC2CO)c(F)c1. The van der Waals surface area contributed by atoms with Gasteiger partial charge in [-0.15, -0.1) is 0 Å². The number of halogens is 1. The molecule has 2 N–H and O–H groups in total. The summed E-state index contributed by atoms with van der Waals surface area (Å²) in [5.41, 5.74) is 0.729. The molecule has 2 unspecified atom stereocenters. The van der Waals surface area contributed by atoms with Gasteiger partial charge in [0, 0.05) is 18.6 Å². The molecule has 1 aliphatic carbocycles. The van der Waals surface area contributed by atoms with Gasteiger partial charge >= 0.3 is 0 Å². The molecule has 90 valence electrons. The van der Waals surface area contributed by atoms with Crippen molar-refractivity contribution in [2.24, 2.45) is 5.92 Å². The quantitative estimate of drug-likeness (QED) is 0.843. The highest BCUT2D eigenvalue weighted by molar-refractivity contribution is 5.49. The summed E-state index contributed by atoms with van der Waals surface area (Å²) in [6.07, 6.45) is 2.98. The molecule has 17 heavy (non-hydrogen) atoms. The number of rotatable bonds is 3. The lowest BCUT2D eigenvalue weighted by molar-refractivity contribution is 0.222. The molecule has 1 fully saturated rings. The number of nitrogens with zero attached hydrogens (tertiary/aromatic N) is 1. The predicted molar refractivity (Wildman–Crippen MR) is 63.0 cm³/mol. The summed E-state index contributed by atoms with van der Waals surface area (Å²) in [4.78, 5) is 0. The highest BCUT2D eigenvalue weighted by Crippen LogP contribution is 2.29. The van der Waals surface area contributed by atoms with Gasteiger partial charge in [-0.1, -0.05) is 6.42 Å². The normalized spacial score (nSPS) is 23.4. The van der Waals surface area contributed by atoms with Crippen molar-refractivity contribution in [2.75, 3.05) is 11.9 Å². The number of nitrogens with one attached hydrogen (secondary N) is 1. The van der Waals surface area contributed by atoms with Crippen LogP contribution in [-0.2, 0) is 0 Å². The van der Waals surface area contributed by atoms with E-state index in [1.807, 2.05) is 6.07 Å². The monoisotopic (exact) mass is 234 g/mol. The van der Waals surface area contributed by atoms with Crippen molar-refractivity contribution >= 4 is 5.69 Å². The lowest BCUT2D eigenvalue weighted by atomic mass is 10.0. The maximum absolute atomic E-state index is 13.6. The van der Waals surface area contributed by atoms with E-state index in [0.717, 1.165) is 19.3 Å². The van der Waals surface area contributed by atoms with Crippen molar-refractivity contribution in [2.45, 2.75) is 25.3 Å². The van der Waals surface area contributed by atoms with E-state index in [4.69, 9.17) is 5.26 Å². The molecule has 2 atom stereocenters. The Morgan fingerprint density at radius 2 is 2.29 bits per heavy atom. The Hall–Kier alpha value is -1.60. The Labute approximate surface area is 99.9 Å². The molecule has 0 saturated heterocycles. The van der Waals surface area contributed by atoms with Gasteiger partial charge in [0.25, 0.3) is 0 Å². The molecule has 1 saturated carbocycles. The number of anilines is 1. The first-order valence-electron chi connectivity index (χ1n) is 5.81. The Morgan fingerprint density at radius 1 is 1.47 bits per heavy atom. The molecule has 2 rings (SSSR count). The molecular formula is C13H15FN2O. The van der Waals surface area contributed by atoms with Crippen molar-refractivity contribution in [3.8, 4) is 6.07 Å². The maximum Gasteiger partial charge on any atom is 0.147 e. The summed E-state index contributed by atoms with van der Waals surface area (Å²) in [7, 11) is 0. The molecule has 0 aliphatic heterocycles. The fraction of sp³-hybridized carbons (Fsp3) is 0.462. The summed E-state index contributed by atoms with van der Waals surface area (Å²) in [5.74, 6) is -0.210. The average Bonchev–Trinajstić information content (AvgIpc) is 2.79. The van der Waals surface area contributed by atoms with Crippen molar-refractivity contribution in [3.63, 3.8) is 0 Å². The van der Waals surface area contributed by atoms with E-state index in [0.29, 0.717) is 11.3 Å². The van der Waals surface area contributed by atoms with Crippen LogP contribution in [0.15, 0.2) is 18.2 Å². The van der Waals surface area contributed by atoms with Crippen LogP contribution < -0.4 is 5.32 Å². The summed E-state index contributed by atoms with van der Waals surface area (Å²) >= 11 is 0. The molecule has 1 aromatic carbocycles. The van der Waals surface area contributed by atoms with E-state index >= 15 is 0 Å². The van der Waals surface area contributed by atoms with Crippen LogP contribution in [0.2, 0.25) is 0 Å². The highest BCUT2D eigenvalue weighted by Gasteiger charge is 2.26. The molecule has 3 nitrogen and oxygen atoms in total. The van der Waals surface area contributed by atoms with Gasteiger partial charge in [-0.2, -0.15) is 5.26 Å². The van der Waals surface area contributed by atoms with Gasteiger partial charge in [0.1, 0.15) is 5.82 Å². The van der Waals surface area contributed by atoms with Crippen molar-refractivity contribution in [1.29, 1.82) is 5.26 Å². The Kier molecular flexibility index (Phi) is 3.60. The standard InChI is InChI=1S/C13H15FN2O/c14-11-6-9(7-15)4-5-13(11)16-12-3-1-2-10(12)8-17/h4-6,10,12,16-17H,1-3,8H2. The van der Waals surface area contributed by atoms with Gasteiger partial charge in [-0.25, -0.2) is 4.39 Å². The first-order valence-corrected chi connectivity index (χ1v) is 5.81. The van der Waals surface area contributed by atoms with Gasteiger partial charge in [0.2, 0.25) is 0 Å². The van der Waals surface area contributed by atoms with Crippen LogP contribution in [0.25, 0.3) is 0 Å². The molecule has 0 bridgehead atoms. The van der Waals surface area contributed by atoms with Crippen LogP contribution in [0.4, 0.5) is 10.1 Å². The molecule has 0 amide bonds. The van der Waals surface area contributed by atoms with Gasteiger partial charge in [-0.05, 0) is 31.0 Å². The van der Waals surface area contributed by atoms with E-state index in [1.54, 1.807) is 12.1 Å². The minimum absolute atomic E-state index is 0.127. The first kappa shape index (κ1) is 11.9. The van der Waals surface area contributed by atoms with Gasteiger partial charge in [-0.3, -0.25) is 0 Å². The third kappa shape index (κ3) is 2.56. The number of hydrogen-bond acceptors (Lipinski definition) is 3. The second kappa shape index (κ2) is 5.15. The summed E-state index contributed by atoms with van der Waals surface area (Å²) < 4.78 is 13.6. The Balaban J connectivity index is 2.11.